The summed E-state index contributed by atoms with van der Waals surface area (Å²) in [4.78, 5) is 21.8. The van der Waals surface area contributed by atoms with Gasteiger partial charge < -0.3 is 14.6 Å². The Morgan fingerprint density at radius 3 is 2.65 bits per heavy atom. The first-order valence-corrected chi connectivity index (χ1v) is 12.8. The summed E-state index contributed by atoms with van der Waals surface area (Å²) in [5, 5.41) is 20.5. The van der Waals surface area contributed by atoms with E-state index in [1.807, 2.05) is 33.9 Å². The van der Waals surface area contributed by atoms with Crippen molar-refractivity contribution in [2.45, 2.75) is 13.0 Å². The fourth-order valence-electron chi connectivity index (χ4n) is 4.75. The Morgan fingerprint density at radius 1 is 1.08 bits per heavy atom. The Morgan fingerprint density at radius 2 is 1.89 bits per heavy atom. The number of aromatic nitrogens is 2. The summed E-state index contributed by atoms with van der Waals surface area (Å²) in [6.45, 7) is 4.08. The number of rotatable bonds is 6. The molecule has 0 aliphatic carbocycles. The van der Waals surface area contributed by atoms with E-state index in [1.54, 1.807) is 30.6 Å². The Balaban J connectivity index is 1.18. The number of carbonyl (C=O) groups excluding carboxylic acids is 1. The van der Waals surface area contributed by atoms with Crippen molar-refractivity contribution in [3.05, 3.63) is 93.7 Å². The minimum atomic E-state index is -0.512. The van der Waals surface area contributed by atoms with Gasteiger partial charge in [-0.25, -0.2) is 9.37 Å². The van der Waals surface area contributed by atoms with Crippen molar-refractivity contribution < 1.29 is 14.3 Å². The number of phenolic OH excluding ortho intramolecular Hbond substituents is 1. The fourth-order valence-corrected chi connectivity index (χ4v) is 5.22. The van der Waals surface area contributed by atoms with Crippen LogP contribution in [0.25, 0.3) is 10.8 Å². The zero-order valence-electron chi connectivity index (χ0n) is 20.1. The number of imidazole rings is 1. The number of amides is 1. The number of nitriles is 1. The highest BCUT2D eigenvalue weighted by Gasteiger charge is 2.24. The number of benzene rings is 3. The lowest BCUT2D eigenvalue weighted by molar-refractivity contribution is 0.0640. The van der Waals surface area contributed by atoms with E-state index in [2.05, 4.69) is 25.8 Å². The molecule has 1 N–H and O–H groups in total. The molecule has 4 aromatic rings. The summed E-state index contributed by atoms with van der Waals surface area (Å²) in [5.41, 5.74) is 2.45. The van der Waals surface area contributed by atoms with Crippen molar-refractivity contribution in [3.63, 3.8) is 0 Å². The van der Waals surface area contributed by atoms with Crippen LogP contribution in [0.2, 0.25) is 0 Å². The van der Waals surface area contributed by atoms with Gasteiger partial charge in [-0.15, -0.1) is 0 Å². The van der Waals surface area contributed by atoms with Gasteiger partial charge in [-0.3, -0.25) is 9.69 Å². The average Bonchev–Trinajstić information content (AvgIpc) is 3.34. The van der Waals surface area contributed by atoms with Crippen molar-refractivity contribution in [2.75, 3.05) is 32.7 Å². The lowest BCUT2D eigenvalue weighted by Crippen LogP contribution is -2.49. The maximum absolute atomic E-state index is 14.0. The molecule has 1 aliphatic heterocycles. The molecule has 0 bridgehead atoms. The van der Waals surface area contributed by atoms with Gasteiger partial charge in [0.25, 0.3) is 5.91 Å². The van der Waals surface area contributed by atoms with E-state index in [9.17, 15) is 14.3 Å². The van der Waals surface area contributed by atoms with Gasteiger partial charge in [-0.1, -0.05) is 22.0 Å². The summed E-state index contributed by atoms with van der Waals surface area (Å²) in [7, 11) is 0. The van der Waals surface area contributed by atoms with Crippen LogP contribution in [0.5, 0.6) is 5.75 Å². The maximum atomic E-state index is 14.0. The molecule has 5 rings (SSSR count). The predicted molar refractivity (Wildman–Crippen MR) is 142 cm³/mol. The number of piperazine rings is 1. The van der Waals surface area contributed by atoms with E-state index in [4.69, 9.17) is 5.26 Å². The summed E-state index contributed by atoms with van der Waals surface area (Å²) in [6.07, 6.45) is 4.35. The largest absolute Gasteiger partial charge is 0.508 e. The van der Waals surface area contributed by atoms with Crippen LogP contribution in [0.4, 0.5) is 4.39 Å². The van der Waals surface area contributed by atoms with Crippen LogP contribution < -0.4 is 0 Å². The third-order valence-corrected chi connectivity index (χ3v) is 7.52. The van der Waals surface area contributed by atoms with Crippen molar-refractivity contribution >= 4 is 32.6 Å². The molecule has 9 heteroatoms. The molecule has 1 saturated heterocycles. The van der Waals surface area contributed by atoms with E-state index in [1.165, 1.54) is 12.1 Å². The Labute approximate surface area is 222 Å². The van der Waals surface area contributed by atoms with E-state index in [0.717, 1.165) is 52.6 Å². The van der Waals surface area contributed by atoms with Crippen LogP contribution in [0.15, 0.2) is 65.5 Å². The maximum Gasteiger partial charge on any atom is 0.254 e. The highest BCUT2D eigenvalue weighted by molar-refractivity contribution is 9.10. The second kappa shape index (κ2) is 10.7. The number of nitrogens with zero attached hydrogens (tertiary/aromatic N) is 5. The zero-order chi connectivity index (χ0) is 25.9. The Bertz CT molecular complexity index is 1500. The molecule has 2 heterocycles. The normalized spacial score (nSPS) is 14.1. The molecule has 0 spiro atoms. The van der Waals surface area contributed by atoms with E-state index >= 15 is 0 Å². The molecule has 1 aromatic heterocycles. The molecule has 1 fully saturated rings. The second-order valence-electron chi connectivity index (χ2n) is 9.15. The molecule has 3 aromatic carbocycles. The molecule has 37 heavy (non-hydrogen) atoms. The topological polar surface area (TPSA) is 85.4 Å². The smallest absolute Gasteiger partial charge is 0.254 e. The number of aromatic hydroxyl groups is 1. The molecule has 1 aliphatic rings. The molecule has 0 atom stereocenters. The van der Waals surface area contributed by atoms with Crippen LogP contribution in [0, 0.1) is 17.1 Å². The number of phenols is 1. The van der Waals surface area contributed by atoms with Gasteiger partial charge in [0.15, 0.2) is 0 Å². The Kier molecular flexibility index (Phi) is 7.22. The number of hydrogen-bond donors (Lipinski definition) is 1. The molecular weight excluding hydrogens is 537 g/mol. The van der Waals surface area contributed by atoms with Gasteiger partial charge in [0.1, 0.15) is 17.6 Å². The van der Waals surface area contributed by atoms with Crippen molar-refractivity contribution in [1.82, 2.24) is 19.4 Å². The van der Waals surface area contributed by atoms with Crippen LogP contribution >= 0.6 is 15.9 Å². The highest BCUT2D eigenvalue weighted by Crippen LogP contribution is 2.30. The number of hydrogen-bond acceptors (Lipinski definition) is 5. The van der Waals surface area contributed by atoms with Crippen molar-refractivity contribution in [1.29, 1.82) is 5.26 Å². The third kappa shape index (κ3) is 5.36. The summed E-state index contributed by atoms with van der Waals surface area (Å²) >= 11 is 3.53. The van der Waals surface area contributed by atoms with E-state index in [-0.39, 0.29) is 17.2 Å². The predicted octanol–water partition coefficient (Wildman–Crippen LogP) is 4.56. The van der Waals surface area contributed by atoms with Gasteiger partial charge in [0.05, 0.1) is 11.9 Å². The standard InChI is InChI=1S/C28H25BrFN5O2/c29-26-6-5-24(25-14-22(36)3-4-23(25)26)28(37)34-11-9-33(10-12-34)8-7-21-16-32-18-35(21)17-19-1-2-20(15-31)27(30)13-19/h1-6,13-14,16,18,36H,7-12,17H2. The minimum Gasteiger partial charge on any atom is -0.508 e. The minimum absolute atomic E-state index is 0.0320. The Hall–Kier alpha value is -3.74. The quantitative estimate of drug-likeness (QED) is 0.373. The molecule has 1 amide bonds. The first-order chi connectivity index (χ1) is 17.9. The second-order valence-corrected chi connectivity index (χ2v) is 10.0. The van der Waals surface area contributed by atoms with Gasteiger partial charge in [0.2, 0.25) is 0 Å². The van der Waals surface area contributed by atoms with E-state index < -0.39 is 5.82 Å². The summed E-state index contributed by atoms with van der Waals surface area (Å²) in [5.74, 6) is -0.412. The molecule has 0 saturated carbocycles. The van der Waals surface area contributed by atoms with Gasteiger partial charge in [0, 0.05) is 67.6 Å². The van der Waals surface area contributed by atoms with Crippen molar-refractivity contribution in [3.8, 4) is 11.8 Å². The SMILES string of the molecule is N#Cc1ccc(Cn2cncc2CCN2CCN(C(=O)c3ccc(Br)c4ccc(O)cc34)CC2)cc1F. The van der Waals surface area contributed by atoms with Gasteiger partial charge >= 0.3 is 0 Å². The van der Waals surface area contributed by atoms with Gasteiger partial charge in [-0.2, -0.15) is 5.26 Å². The van der Waals surface area contributed by atoms with Gasteiger partial charge in [-0.05, 0) is 58.8 Å². The lowest BCUT2D eigenvalue weighted by atomic mass is 10.0. The third-order valence-electron chi connectivity index (χ3n) is 6.83. The number of carbonyl (C=O) groups is 1. The first-order valence-electron chi connectivity index (χ1n) is 12.0. The highest BCUT2D eigenvalue weighted by atomic mass is 79.9. The van der Waals surface area contributed by atoms with Crippen LogP contribution in [0.1, 0.15) is 27.2 Å². The van der Waals surface area contributed by atoms with Crippen LogP contribution in [-0.2, 0) is 13.0 Å². The van der Waals surface area contributed by atoms with Crippen LogP contribution in [-0.4, -0.2) is 63.1 Å². The summed E-state index contributed by atoms with van der Waals surface area (Å²) in [6, 6.07) is 15.3. The molecule has 7 nitrogen and oxygen atoms in total. The number of fused-ring (bicyclic) bond motifs is 1. The summed E-state index contributed by atoms with van der Waals surface area (Å²) < 4.78 is 16.9. The van der Waals surface area contributed by atoms with Crippen LogP contribution in [0.3, 0.4) is 0 Å². The lowest BCUT2D eigenvalue weighted by Gasteiger charge is -2.35. The first kappa shape index (κ1) is 24.9. The zero-order valence-corrected chi connectivity index (χ0v) is 21.7. The molecule has 0 radical (unpaired) electrons. The fraction of sp³-hybridized carbons (Fsp3) is 0.250. The average molecular weight is 562 g/mol. The van der Waals surface area contributed by atoms with Crippen molar-refractivity contribution in [2.24, 2.45) is 0 Å². The van der Waals surface area contributed by atoms with E-state index in [0.29, 0.717) is 25.2 Å². The molecular formula is C28H25BrFN5O2. The number of halogens is 2. The molecule has 188 valence electrons. The molecule has 0 unspecified atom stereocenters. The monoisotopic (exact) mass is 561 g/mol.